The number of primary amides is 1. The van der Waals surface area contributed by atoms with Crippen LogP contribution in [0.3, 0.4) is 0 Å². The zero-order valence-corrected chi connectivity index (χ0v) is 14.9. The Labute approximate surface area is 139 Å². The molecule has 1 aliphatic heterocycles. The number of hydrogen-bond acceptors (Lipinski definition) is 3. The normalized spacial score (nSPS) is 20.3. The summed E-state index contributed by atoms with van der Waals surface area (Å²) in [5.41, 5.74) is 6.49. The van der Waals surface area contributed by atoms with Crippen molar-refractivity contribution < 1.29 is 14.1 Å². The number of nitrogens with two attached hydrogens (primary N) is 1. The summed E-state index contributed by atoms with van der Waals surface area (Å²) in [6, 6.07) is 7.23. The van der Waals surface area contributed by atoms with Crippen LogP contribution in [0.1, 0.15) is 48.0 Å². The highest BCUT2D eigenvalue weighted by Crippen LogP contribution is 2.36. The fraction of sp³-hybridized carbons (Fsp3) is 0.588. The van der Waals surface area contributed by atoms with E-state index in [-0.39, 0.29) is 17.2 Å². The number of nitrogens with zero attached hydrogens (tertiary/aromatic N) is 1. The van der Waals surface area contributed by atoms with Crippen molar-refractivity contribution in [2.45, 2.75) is 65.2 Å². The highest BCUT2D eigenvalue weighted by molar-refractivity contribution is 6.62. The Kier molecular flexibility index (Phi) is 4.78. The predicted molar refractivity (Wildman–Crippen MR) is 94.0 cm³/mol. The molecular formula is C17H27BN2O3. The SMILES string of the molecule is CC[C@H](C)N(C(N)=O)c1ccc(B2OC(C)(C)C(C)(C)O2)cc1. The van der Waals surface area contributed by atoms with Crippen LogP contribution in [-0.2, 0) is 9.31 Å². The van der Waals surface area contributed by atoms with E-state index in [9.17, 15) is 4.79 Å². The van der Waals surface area contributed by atoms with Crippen LogP contribution in [0.5, 0.6) is 0 Å². The molecule has 1 aromatic rings. The van der Waals surface area contributed by atoms with Gasteiger partial charge in [0.2, 0.25) is 0 Å². The number of rotatable bonds is 4. The van der Waals surface area contributed by atoms with E-state index in [1.807, 2.05) is 65.8 Å². The van der Waals surface area contributed by atoms with Crippen LogP contribution in [0.15, 0.2) is 24.3 Å². The van der Waals surface area contributed by atoms with Gasteiger partial charge in [0, 0.05) is 11.7 Å². The Morgan fingerprint density at radius 1 is 1.17 bits per heavy atom. The molecule has 1 atom stereocenters. The Balaban J connectivity index is 2.22. The molecule has 1 aliphatic rings. The predicted octanol–water partition coefficient (Wildman–Crippen LogP) is 2.67. The lowest BCUT2D eigenvalue weighted by atomic mass is 9.79. The Hall–Kier alpha value is -1.53. The van der Waals surface area contributed by atoms with E-state index in [0.717, 1.165) is 17.6 Å². The summed E-state index contributed by atoms with van der Waals surface area (Å²) >= 11 is 0. The molecule has 0 spiro atoms. The average molecular weight is 318 g/mol. The maximum atomic E-state index is 11.7. The van der Waals surface area contributed by atoms with E-state index in [2.05, 4.69) is 0 Å². The van der Waals surface area contributed by atoms with Crippen LogP contribution >= 0.6 is 0 Å². The number of benzene rings is 1. The van der Waals surface area contributed by atoms with Gasteiger partial charge in [-0.15, -0.1) is 0 Å². The smallest absolute Gasteiger partial charge is 0.399 e. The highest BCUT2D eigenvalue weighted by Gasteiger charge is 2.51. The van der Waals surface area contributed by atoms with Gasteiger partial charge in [-0.05, 0) is 58.6 Å². The molecule has 2 rings (SSSR count). The Bertz CT molecular complexity index is 556. The Morgan fingerprint density at radius 2 is 1.65 bits per heavy atom. The molecule has 1 aromatic carbocycles. The summed E-state index contributed by atoms with van der Waals surface area (Å²) < 4.78 is 12.1. The van der Waals surface area contributed by atoms with Crippen molar-refractivity contribution in [1.82, 2.24) is 0 Å². The van der Waals surface area contributed by atoms with E-state index < -0.39 is 13.1 Å². The minimum Gasteiger partial charge on any atom is -0.399 e. The third-order valence-electron chi connectivity index (χ3n) is 4.97. The molecule has 2 amide bonds. The van der Waals surface area contributed by atoms with Gasteiger partial charge in [-0.3, -0.25) is 4.90 Å². The van der Waals surface area contributed by atoms with Gasteiger partial charge in [-0.2, -0.15) is 0 Å². The second kappa shape index (κ2) is 6.17. The third-order valence-corrected chi connectivity index (χ3v) is 4.97. The molecule has 0 aromatic heterocycles. The van der Waals surface area contributed by atoms with Gasteiger partial charge >= 0.3 is 13.1 Å². The molecule has 1 fully saturated rings. The third kappa shape index (κ3) is 3.38. The first kappa shape index (κ1) is 17.8. The maximum absolute atomic E-state index is 11.7. The van der Waals surface area contributed by atoms with Crippen LogP contribution in [0.4, 0.5) is 10.5 Å². The molecule has 126 valence electrons. The maximum Gasteiger partial charge on any atom is 0.494 e. The first-order chi connectivity index (χ1) is 10.6. The van der Waals surface area contributed by atoms with Gasteiger partial charge < -0.3 is 15.0 Å². The van der Waals surface area contributed by atoms with E-state index in [1.165, 1.54) is 0 Å². The van der Waals surface area contributed by atoms with Gasteiger partial charge in [0.25, 0.3) is 0 Å². The van der Waals surface area contributed by atoms with Gasteiger partial charge in [0.1, 0.15) is 0 Å². The van der Waals surface area contributed by atoms with Crippen molar-refractivity contribution in [3.05, 3.63) is 24.3 Å². The fourth-order valence-electron chi connectivity index (χ4n) is 2.55. The molecule has 6 heteroatoms. The van der Waals surface area contributed by atoms with Crippen LogP contribution in [0.25, 0.3) is 0 Å². The summed E-state index contributed by atoms with van der Waals surface area (Å²) in [7, 11) is -0.403. The largest absolute Gasteiger partial charge is 0.494 e. The molecule has 23 heavy (non-hydrogen) atoms. The lowest BCUT2D eigenvalue weighted by Gasteiger charge is -2.32. The average Bonchev–Trinajstić information content (AvgIpc) is 2.67. The number of hydrogen-bond donors (Lipinski definition) is 1. The summed E-state index contributed by atoms with van der Waals surface area (Å²) in [4.78, 5) is 13.3. The molecule has 1 saturated heterocycles. The molecule has 0 unspecified atom stereocenters. The van der Waals surface area contributed by atoms with Crippen molar-refractivity contribution >= 4 is 24.3 Å². The number of amides is 2. The summed E-state index contributed by atoms with van der Waals surface area (Å²) in [6.07, 6.45) is 0.835. The summed E-state index contributed by atoms with van der Waals surface area (Å²) in [5, 5.41) is 0. The van der Waals surface area contributed by atoms with Gasteiger partial charge in [0.05, 0.1) is 11.2 Å². The van der Waals surface area contributed by atoms with Crippen LogP contribution in [-0.4, -0.2) is 30.4 Å². The second-order valence-electron chi connectivity index (χ2n) is 7.15. The first-order valence-electron chi connectivity index (χ1n) is 8.13. The monoisotopic (exact) mass is 318 g/mol. The van der Waals surface area contributed by atoms with E-state index >= 15 is 0 Å². The molecule has 0 aliphatic carbocycles. The Morgan fingerprint density at radius 3 is 2.04 bits per heavy atom. The van der Waals surface area contributed by atoms with Crippen molar-refractivity contribution in [1.29, 1.82) is 0 Å². The minimum atomic E-state index is -0.442. The summed E-state index contributed by atoms with van der Waals surface area (Å²) in [6.45, 7) is 12.1. The summed E-state index contributed by atoms with van der Waals surface area (Å²) in [5.74, 6) is 0. The number of urea groups is 1. The number of carbonyl (C=O) groups excluding carboxylic acids is 1. The number of anilines is 1. The van der Waals surface area contributed by atoms with Crippen molar-refractivity contribution in [2.24, 2.45) is 5.73 Å². The lowest BCUT2D eigenvalue weighted by Crippen LogP contribution is -2.42. The van der Waals surface area contributed by atoms with Gasteiger partial charge in [0.15, 0.2) is 0 Å². The standard InChI is InChI=1S/C17H27BN2O3/c1-7-12(2)20(15(19)21)14-10-8-13(9-11-14)18-22-16(3,4)17(5,6)23-18/h8-12H,7H2,1-6H3,(H2,19,21)/t12-/m0/s1. The number of carbonyl (C=O) groups is 1. The molecule has 1 heterocycles. The molecule has 0 bridgehead atoms. The van der Waals surface area contributed by atoms with E-state index in [4.69, 9.17) is 15.0 Å². The fourth-order valence-corrected chi connectivity index (χ4v) is 2.55. The first-order valence-corrected chi connectivity index (χ1v) is 8.13. The topological polar surface area (TPSA) is 64.8 Å². The lowest BCUT2D eigenvalue weighted by molar-refractivity contribution is 0.00578. The molecule has 0 saturated carbocycles. The van der Waals surface area contributed by atoms with Crippen molar-refractivity contribution in [3.63, 3.8) is 0 Å². The molecular weight excluding hydrogens is 291 g/mol. The van der Waals surface area contributed by atoms with Crippen LogP contribution in [0, 0.1) is 0 Å². The molecule has 0 radical (unpaired) electrons. The highest BCUT2D eigenvalue weighted by atomic mass is 16.7. The second-order valence-corrected chi connectivity index (χ2v) is 7.15. The zero-order chi connectivity index (χ0) is 17.4. The van der Waals surface area contributed by atoms with E-state index in [0.29, 0.717) is 0 Å². The molecule has 5 nitrogen and oxygen atoms in total. The van der Waals surface area contributed by atoms with Gasteiger partial charge in [-0.25, -0.2) is 4.79 Å². The van der Waals surface area contributed by atoms with Crippen LogP contribution in [0.2, 0.25) is 0 Å². The van der Waals surface area contributed by atoms with Gasteiger partial charge in [-0.1, -0.05) is 19.1 Å². The zero-order valence-electron chi connectivity index (χ0n) is 14.9. The quantitative estimate of drug-likeness (QED) is 0.868. The van der Waals surface area contributed by atoms with Crippen LogP contribution < -0.4 is 16.1 Å². The minimum absolute atomic E-state index is 0.0511. The van der Waals surface area contributed by atoms with E-state index in [1.54, 1.807) is 4.90 Å². The van der Waals surface area contributed by atoms with Crippen molar-refractivity contribution in [2.75, 3.05) is 4.90 Å². The molecule has 2 N–H and O–H groups in total. The van der Waals surface area contributed by atoms with Crippen molar-refractivity contribution in [3.8, 4) is 0 Å².